The molecule has 11 nitrogen and oxygen atoms in total. The molecule has 1 heterocycles. The maximum absolute atomic E-state index is 10.3. The molecular formula is C35H40N2O9+2. The van der Waals surface area contributed by atoms with Crippen LogP contribution in [-0.2, 0) is 4.74 Å². The number of benzene rings is 3. The molecule has 1 saturated heterocycles. The van der Waals surface area contributed by atoms with Gasteiger partial charge in [-0.05, 0) is 67.1 Å². The van der Waals surface area contributed by atoms with Crippen LogP contribution in [0.2, 0.25) is 0 Å². The second-order valence-electron chi connectivity index (χ2n) is 11.6. The summed E-state index contributed by atoms with van der Waals surface area (Å²) in [5.74, 6) is 13.0. The summed E-state index contributed by atoms with van der Waals surface area (Å²) < 4.78 is 17.5. The van der Waals surface area contributed by atoms with Crippen molar-refractivity contribution < 1.29 is 56.3 Å². The Labute approximate surface area is 267 Å². The Hall–Kier alpha value is -3.98. The topological polar surface area (TPSA) is 204 Å². The first kappa shape index (κ1) is 33.4. The third-order valence-electron chi connectivity index (χ3n) is 8.32. The third-order valence-corrected chi connectivity index (χ3v) is 8.32. The van der Waals surface area contributed by atoms with Gasteiger partial charge in [0.15, 0.2) is 18.2 Å². The number of aliphatic hydroxyl groups is 6. The summed E-state index contributed by atoms with van der Waals surface area (Å²) in [5, 5.41) is 59.7. The molecule has 10 atom stereocenters. The molecule has 0 aromatic heterocycles. The van der Waals surface area contributed by atoms with Gasteiger partial charge < -0.3 is 56.3 Å². The molecule has 0 amide bonds. The van der Waals surface area contributed by atoms with Crippen LogP contribution in [-0.4, -0.2) is 98.9 Å². The van der Waals surface area contributed by atoms with Crippen LogP contribution in [0.1, 0.15) is 28.7 Å². The summed E-state index contributed by atoms with van der Waals surface area (Å²) in [4.78, 5) is 0. The predicted octanol–water partition coefficient (Wildman–Crippen LogP) is -1.99. The van der Waals surface area contributed by atoms with Gasteiger partial charge in [-0.3, -0.25) is 0 Å². The van der Waals surface area contributed by atoms with Crippen molar-refractivity contribution in [1.82, 2.24) is 0 Å². The lowest BCUT2D eigenvalue weighted by molar-refractivity contribution is -0.494. The maximum atomic E-state index is 10.3. The molecule has 12 N–H and O–H groups in total. The fourth-order valence-electron chi connectivity index (χ4n) is 5.47. The fraction of sp³-hybridized carbons (Fsp3) is 0.371. The van der Waals surface area contributed by atoms with Crippen LogP contribution < -0.4 is 20.9 Å². The van der Waals surface area contributed by atoms with E-state index in [-0.39, 0.29) is 6.61 Å². The zero-order chi connectivity index (χ0) is 32.8. The van der Waals surface area contributed by atoms with Crippen molar-refractivity contribution >= 4 is 0 Å². The average Bonchev–Trinajstić information content (AvgIpc) is 3.07. The highest BCUT2D eigenvalue weighted by Crippen LogP contribution is 2.28. The Balaban J connectivity index is 1.20. The van der Waals surface area contributed by atoms with Gasteiger partial charge in [-0.1, -0.05) is 35.8 Å². The smallest absolute Gasteiger partial charge is 0.255 e. The van der Waals surface area contributed by atoms with Crippen LogP contribution in [0, 0.1) is 29.6 Å². The summed E-state index contributed by atoms with van der Waals surface area (Å²) in [6.07, 6.45) is -6.59. The number of ether oxygens (including phenoxy) is 3. The number of rotatable bonds is 6. The minimum absolute atomic E-state index is 0.247. The summed E-state index contributed by atoms with van der Waals surface area (Å²) in [5.41, 5.74) is 10.8. The zero-order valence-corrected chi connectivity index (χ0v) is 25.1. The summed E-state index contributed by atoms with van der Waals surface area (Å²) in [7, 11) is 0. The third kappa shape index (κ3) is 7.86. The number of hydrogen-bond donors (Lipinski definition) is 8. The van der Waals surface area contributed by atoms with Crippen molar-refractivity contribution in [2.75, 3.05) is 13.2 Å². The highest BCUT2D eigenvalue weighted by molar-refractivity contribution is 5.49. The summed E-state index contributed by atoms with van der Waals surface area (Å²) in [6, 6.07) is 20.5. The van der Waals surface area contributed by atoms with E-state index in [1.807, 2.05) is 42.5 Å². The Bertz CT molecular complexity index is 1470. The summed E-state index contributed by atoms with van der Waals surface area (Å²) in [6.45, 7) is -0.712. The van der Waals surface area contributed by atoms with Gasteiger partial charge in [-0.15, -0.1) is 0 Å². The van der Waals surface area contributed by atoms with Gasteiger partial charge in [-0.25, -0.2) is 0 Å². The first-order chi connectivity index (χ1) is 22.2. The van der Waals surface area contributed by atoms with E-state index in [1.165, 1.54) is 0 Å². The Morgan fingerprint density at radius 3 is 1.70 bits per heavy atom. The van der Waals surface area contributed by atoms with Crippen LogP contribution >= 0.6 is 0 Å². The van der Waals surface area contributed by atoms with Crippen molar-refractivity contribution in [3.63, 3.8) is 0 Å². The van der Waals surface area contributed by atoms with Crippen LogP contribution in [0.4, 0.5) is 0 Å². The monoisotopic (exact) mass is 632 g/mol. The molecule has 1 aliphatic heterocycles. The molecule has 2 aliphatic rings. The van der Waals surface area contributed by atoms with Crippen molar-refractivity contribution in [1.29, 1.82) is 0 Å². The van der Waals surface area contributed by atoms with Crippen molar-refractivity contribution in [2.45, 2.75) is 61.4 Å². The molecule has 2 fully saturated rings. The molecule has 242 valence electrons. The minimum Gasteiger partial charge on any atom is -0.484 e. The highest BCUT2D eigenvalue weighted by Gasteiger charge is 2.46. The van der Waals surface area contributed by atoms with Gasteiger partial charge in [0, 0.05) is 34.8 Å². The van der Waals surface area contributed by atoms with E-state index in [1.54, 1.807) is 30.3 Å². The van der Waals surface area contributed by atoms with E-state index in [0.717, 1.165) is 16.7 Å². The van der Waals surface area contributed by atoms with Crippen LogP contribution in [0.15, 0.2) is 72.8 Å². The zero-order valence-electron chi connectivity index (χ0n) is 25.1. The molecule has 0 bridgehead atoms. The molecule has 11 heteroatoms. The number of quaternary nitrogens is 2. The number of hydrogen-bond acceptors (Lipinski definition) is 9. The molecule has 0 unspecified atom stereocenters. The molecule has 1 saturated carbocycles. The van der Waals surface area contributed by atoms with Crippen LogP contribution in [0.3, 0.4) is 0 Å². The van der Waals surface area contributed by atoms with Crippen molar-refractivity contribution in [2.24, 2.45) is 5.92 Å². The molecule has 1 aliphatic carbocycles. The molecule has 5 rings (SSSR count). The fourth-order valence-corrected chi connectivity index (χ4v) is 5.47. The SMILES string of the molecule is [NH3+][C@@H]1[C@@H](O)[C@H](O)[C@@H](CO)C[C@H]1Oc1cccc(C#Cc2ccc(C#Cc3cccc(O[C@@H]4O[C@H](CO)[C@@H](O)[C@H](O)[C@H]4[NH3+])c3)cc2)c1. The van der Waals surface area contributed by atoms with Gasteiger partial charge in [0.1, 0.15) is 35.9 Å². The van der Waals surface area contributed by atoms with Gasteiger partial charge >= 0.3 is 0 Å². The molecular weight excluding hydrogens is 592 g/mol. The maximum Gasteiger partial charge on any atom is 0.255 e. The second kappa shape index (κ2) is 15.1. The van der Waals surface area contributed by atoms with Crippen molar-refractivity contribution in [3.05, 3.63) is 95.1 Å². The van der Waals surface area contributed by atoms with E-state index in [4.69, 9.17) is 14.2 Å². The molecule has 46 heavy (non-hydrogen) atoms. The average molecular weight is 633 g/mol. The molecule has 0 radical (unpaired) electrons. The van der Waals surface area contributed by atoms with Crippen LogP contribution in [0.5, 0.6) is 11.5 Å². The van der Waals surface area contributed by atoms with E-state index in [9.17, 15) is 30.6 Å². The van der Waals surface area contributed by atoms with Gasteiger partial charge in [0.2, 0.25) is 0 Å². The van der Waals surface area contributed by atoms with E-state index >= 15 is 0 Å². The highest BCUT2D eigenvalue weighted by atomic mass is 16.7. The first-order valence-electron chi connectivity index (χ1n) is 15.1. The number of aliphatic hydroxyl groups excluding tert-OH is 6. The van der Waals surface area contributed by atoms with Gasteiger partial charge in [0.05, 0.1) is 12.7 Å². The normalized spacial score (nSPS) is 30.7. The first-order valence-corrected chi connectivity index (χ1v) is 15.1. The van der Waals surface area contributed by atoms with Gasteiger partial charge in [0.25, 0.3) is 6.29 Å². The summed E-state index contributed by atoms with van der Waals surface area (Å²) >= 11 is 0. The largest absolute Gasteiger partial charge is 0.484 e. The Morgan fingerprint density at radius 2 is 1.15 bits per heavy atom. The van der Waals surface area contributed by atoms with Crippen molar-refractivity contribution in [3.8, 4) is 35.2 Å². The lowest BCUT2D eigenvalue weighted by Crippen LogP contribution is -2.78. The Morgan fingerprint density at radius 1 is 0.630 bits per heavy atom. The lowest BCUT2D eigenvalue weighted by atomic mass is 9.80. The van der Waals surface area contributed by atoms with E-state index in [0.29, 0.717) is 23.5 Å². The predicted molar refractivity (Wildman–Crippen MR) is 165 cm³/mol. The lowest BCUT2D eigenvalue weighted by Gasteiger charge is -2.38. The van der Waals surface area contributed by atoms with Gasteiger partial charge in [-0.2, -0.15) is 0 Å². The molecule has 0 spiro atoms. The van der Waals surface area contributed by atoms with Crippen LogP contribution in [0.25, 0.3) is 0 Å². The minimum atomic E-state index is -1.25. The molecule has 3 aromatic rings. The Kier molecular flexibility index (Phi) is 10.9. The molecule has 3 aromatic carbocycles. The van der Waals surface area contributed by atoms with E-state index < -0.39 is 67.5 Å². The second-order valence-corrected chi connectivity index (χ2v) is 11.6. The standard InChI is InChI=1S/C35H38N2O9/c36-29-27(17-24(18-38)31(40)33(29)42)44-25-5-1-3-22(15-25)13-11-20-7-9-21(10-8-20)12-14-23-4-2-6-26(16-23)45-35-30(37)34(43)32(41)28(19-39)46-35/h1-10,15-16,24,27-35,38-43H,17-19,36-37H2/p+2/t24-,27-,28-,29+,30-,31-,32-,33-,34-,35-/m1/s1. The van der Waals surface area contributed by atoms with E-state index in [2.05, 4.69) is 35.1 Å². The quantitative estimate of drug-likeness (QED) is 0.142.